The molecular weight excluding hydrogens is 269 g/mol. The maximum atomic E-state index is 13.6. The van der Waals surface area contributed by atoms with E-state index in [1.165, 1.54) is 6.07 Å². The van der Waals surface area contributed by atoms with Crippen LogP contribution in [0, 0.1) is 5.82 Å². The van der Waals surface area contributed by atoms with Crippen molar-refractivity contribution in [2.24, 2.45) is 0 Å². The Morgan fingerprint density at radius 3 is 3.00 bits per heavy atom. The van der Waals surface area contributed by atoms with Crippen molar-refractivity contribution < 1.29 is 4.39 Å². The van der Waals surface area contributed by atoms with Crippen LogP contribution in [0.2, 0.25) is 5.02 Å². The largest absolute Gasteiger partial charge is 0.310 e. The monoisotopic (exact) mass is 287 g/mol. The van der Waals surface area contributed by atoms with E-state index in [0.717, 1.165) is 36.3 Å². The van der Waals surface area contributed by atoms with Crippen molar-refractivity contribution in [1.29, 1.82) is 0 Å². The van der Waals surface area contributed by atoms with Crippen LogP contribution in [0.4, 0.5) is 4.39 Å². The molecule has 1 N–H and O–H groups in total. The van der Waals surface area contributed by atoms with Gasteiger partial charge in [0.1, 0.15) is 5.82 Å². The van der Waals surface area contributed by atoms with Crippen LogP contribution in [0.1, 0.15) is 43.9 Å². The van der Waals surface area contributed by atoms with Crippen LogP contribution in [0.5, 0.6) is 0 Å². The predicted molar refractivity (Wildman–Crippen MR) is 77.8 cm³/mol. The minimum absolute atomic E-state index is 0.221. The SMILES string of the molecule is CCCNC1CC(C)SCc2c(Cl)cc(F)cc21. The lowest BCUT2D eigenvalue weighted by Crippen LogP contribution is -2.24. The van der Waals surface area contributed by atoms with E-state index in [-0.39, 0.29) is 11.9 Å². The smallest absolute Gasteiger partial charge is 0.125 e. The first-order valence-corrected chi connectivity index (χ1v) is 7.87. The highest BCUT2D eigenvalue weighted by Crippen LogP contribution is 2.38. The predicted octanol–water partition coefficient (Wildman–Crippen LogP) is 4.55. The van der Waals surface area contributed by atoms with E-state index in [9.17, 15) is 4.39 Å². The molecule has 0 aliphatic carbocycles. The Kier molecular flexibility index (Phi) is 4.93. The molecule has 2 unspecified atom stereocenters. The first-order valence-electron chi connectivity index (χ1n) is 6.44. The summed E-state index contributed by atoms with van der Waals surface area (Å²) in [6.45, 7) is 5.32. The van der Waals surface area contributed by atoms with Gasteiger partial charge in [0.25, 0.3) is 0 Å². The summed E-state index contributed by atoms with van der Waals surface area (Å²) in [5.41, 5.74) is 2.14. The second kappa shape index (κ2) is 6.27. The fraction of sp³-hybridized carbons (Fsp3) is 0.571. The Morgan fingerprint density at radius 1 is 1.50 bits per heavy atom. The van der Waals surface area contributed by atoms with Gasteiger partial charge in [-0.3, -0.25) is 0 Å². The Labute approximate surface area is 117 Å². The molecule has 1 nitrogen and oxygen atoms in total. The topological polar surface area (TPSA) is 12.0 Å². The van der Waals surface area contributed by atoms with Gasteiger partial charge in [0.15, 0.2) is 0 Å². The molecule has 0 fully saturated rings. The number of hydrogen-bond donors (Lipinski definition) is 1. The number of hydrogen-bond acceptors (Lipinski definition) is 2. The van der Waals surface area contributed by atoms with Crippen molar-refractivity contribution in [3.05, 3.63) is 34.1 Å². The summed E-state index contributed by atoms with van der Waals surface area (Å²) in [5, 5.41) is 4.64. The summed E-state index contributed by atoms with van der Waals surface area (Å²) in [6, 6.07) is 3.29. The van der Waals surface area contributed by atoms with Crippen LogP contribution in [0.15, 0.2) is 12.1 Å². The molecule has 0 saturated carbocycles. The minimum Gasteiger partial charge on any atom is -0.310 e. The maximum Gasteiger partial charge on any atom is 0.125 e. The van der Waals surface area contributed by atoms with Crippen LogP contribution in [0.3, 0.4) is 0 Å². The third-order valence-electron chi connectivity index (χ3n) is 3.29. The Hall–Kier alpha value is -0.250. The number of rotatable bonds is 3. The van der Waals surface area contributed by atoms with E-state index in [2.05, 4.69) is 19.2 Å². The molecule has 1 aliphatic rings. The van der Waals surface area contributed by atoms with Gasteiger partial charge in [-0.2, -0.15) is 11.8 Å². The molecule has 1 aromatic rings. The third kappa shape index (κ3) is 3.19. The summed E-state index contributed by atoms with van der Waals surface area (Å²) in [7, 11) is 0. The van der Waals surface area contributed by atoms with E-state index < -0.39 is 0 Å². The van der Waals surface area contributed by atoms with Gasteiger partial charge in [0.2, 0.25) is 0 Å². The molecule has 0 saturated heterocycles. The molecule has 1 aliphatic heterocycles. The van der Waals surface area contributed by atoms with Crippen LogP contribution in [-0.4, -0.2) is 11.8 Å². The zero-order chi connectivity index (χ0) is 13.1. The van der Waals surface area contributed by atoms with Crippen LogP contribution < -0.4 is 5.32 Å². The van der Waals surface area contributed by atoms with Crippen LogP contribution >= 0.6 is 23.4 Å². The molecule has 0 amide bonds. The normalized spacial score (nSPS) is 23.6. The van der Waals surface area contributed by atoms with E-state index in [1.54, 1.807) is 6.07 Å². The molecular formula is C14H19ClFNS. The molecule has 0 bridgehead atoms. The molecule has 18 heavy (non-hydrogen) atoms. The average Bonchev–Trinajstić information content (AvgIpc) is 2.47. The van der Waals surface area contributed by atoms with Gasteiger partial charge < -0.3 is 5.32 Å². The van der Waals surface area contributed by atoms with E-state index >= 15 is 0 Å². The summed E-state index contributed by atoms with van der Waals surface area (Å²) >= 11 is 8.08. The highest BCUT2D eigenvalue weighted by atomic mass is 35.5. The fourth-order valence-electron chi connectivity index (χ4n) is 2.35. The van der Waals surface area contributed by atoms with E-state index in [0.29, 0.717) is 10.3 Å². The van der Waals surface area contributed by atoms with E-state index in [4.69, 9.17) is 11.6 Å². The molecule has 4 heteroatoms. The molecule has 2 atom stereocenters. The zero-order valence-electron chi connectivity index (χ0n) is 10.8. The summed E-state index contributed by atoms with van der Waals surface area (Å²) in [5.74, 6) is 0.640. The Morgan fingerprint density at radius 2 is 2.28 bits per heavy atom. The molecule has 1 heterocycles. The highest BCUT2D eigenvalue weighted by Gasteiger charge is 2.24. The van der Waals surface area contributed by atoms with Gasteiger partial charge in [-0.25, -0.2) is 4.39 Å². The van der Waals surface area contributed by atoms with Crippen molar-refractivity contribution >= 4 is 23.4 Å². The zero-order valence-corrected chi connectivity index (χ0v) is 12.4. The van der Waals surface area contributed by atoms with E-state index in [1.807, 2.05) is 11.8 Å². The van der Waals surface area contributed by atoms with Crippen molar-refractivity contribution in [2.75, 3.05) is 6.54 Å². The molecule has 1 aromatic carbocycles. The van der Waals surface area contributed by atoms with Gasteiger partial charge in [0.05, 0.1) is 0 Å². The average molecular weight is 288 g/mol. The van der Waals surface area contributed by atoms with Crippen molar-refractivity contribution in [2.45, 2.75) is 43.7 Å². The summed E-state index contributed by atoms with van der Waals surface area (Å²) < 4.78 is 13.6. The standard InChI is InChI=1S/C14H19ClFNS/c1-3-4-17-14-5-9(2)18-8-12-11(14)6-10(16)7-13(12)15/h6-7,9,14,17H,3-5,8H2,1-2H3. The van der Waals surface area contributed by atoms with Gasteiger partial charge in [-0.15, -0.1) is 0 Å². The summed E-state index contributed by atoms with van der Waals surface area (Å²) in [6.07, 6.45) is 2.11. The number of fused-ring (bicyclic) bond motifs is 1. The molecule has 0 radical (unpaired) electrons. The lowest BCUT2D eigenvalue weighted by atomic mass is 9.97. The quantitative estimate of drug-likeness (QED) is 0.875. The van der Waals surface area contributed by atoms with Gasteiger partial charge >= 0.3 is 0 Å². The van der Waals surface area contributed by atoms with Crippen molar-refractivity contribution in [3.8, 4) is 0 Å². The highest BCUT2D eigenvalue weighted by molar-refractivity contribution is 7.99. The second-order valence-corrected chi connectivity index (χ2v) is 6.65. The number of benzene rings is 1. The third-order valence-corrected chi connectivity index (χ3v) is 4.84. The van der Waals surface area contributed by atoms with Crippen molar-refractivity contribution in [3.63, 3.8) is 0 Å². The number of thioether (sulfide) groups is 1. The Bertz CT molecular complexity index is 425. The molecule has 0 aromatic heterocycles. The van der Waals surface area contributed by atoms with Gasteiger partial charge in [0, 0.05) is 22.1 Å². The lowest BCUT2D eigenvalue weighted by molar-refractivity contribution is 0.496. The van der Waals surface area contributed by atoms with Crippen LogP contribution in [-0.2, 0) is 5.75 Å². The maximum absolute atomic E-state index is 13.6. The van der Waals surface area contributed by atoms with Gasteiger partial charge in [-0.05, 0) is 42.6 Å². The lowest BCUT2D eigenvalue weighted by Gasteiger charge is -2.21. The first kappa shape index (κ1) is 14.2. The van der Waals surface area contributed by atoms with Gasteiger partial charge in [-0.1, -0.05) is 25.4 Å². The Balaban J connectivity index is 2.36. The number of halogens is 2. The molecule has 0 spiro atoms. The first-order chi connectivity index (χ1) is 8.61. The molecule has 2 rings (SSSR count). The van der Waals surface area contributed by atoms with Crippen molar-refractivity contribution in [1.82, 2.24) is 5.32 Å². The van der Waals surface area contributed by atoms with Crippen LogP contribution in [0.25, 0.3) is 0 Å². The minimum atomic E-state index is -0.235. The summed E-state index contributed by atoms with van der Waals surface area (Å²) in [4.78, 5) is 0. The number of nitrogens with one attached hydrogen (secondary N) is 1. The second-order valence-electron chi connectivity index (χ2n) is 4.82. The molecule has 100 valence electrons. The fourth-order valence-corrected chi connectivity index (χ4v) is 3.81.